The lowest BCUT2D eigenvalue weighted by Gasteiger charge is -2.40. The molecule has 1 aromatic carbocycles. The minimum atomic E-state index is 0.0137. The largest absolute Gasteiger partial charge is 0.332 e. The number of nitrogens with one attached hydrogen (secondary N) is 2. The van der Waals surface area contributed by atoms with E-state index in [1.165, 1.54) is 0 Å². The molecular weight excluding hydrogens is 262 g/mol. The summed E-state index contributed by atoms with van der Waals surface area (Å²) in [6.45, 7) is 3.35. The van der Waals surface area contributed by atoms with Crippen molar-refractivity contribution in [2.75, 3.05) is 26.2 Å². The average Bonchev–Trinajstić information content (AvgIpc) is 2.37. The predicted octanol–water partition coefficient (Wildman–Crippen LogP) is 1.17. The van der Waals surface area contributed by atoms with Crippen LogP contribution in [0.4, 0.5) is 0 Å². The Balaban J connectivity index is 1.82. The third-order valence-corrected chi connectivity index (χ3v) is 4.12. The Labute approximate surface area is 118 Å². The first kappa shape index (κ1) is 12.9. The maximum absolute atomic E-state index is 12.5. The molecule has 2 aliphatic heterocycles. The molecule has 1 unspecified atom stereocenters. The number of benzene rings is 1. The van der Waals surface area contributed by atoms with Crippen molar-refractivity contribution >= 4 is 17.5 Å². The molecular formula is C14H18ClN3O. The summed E-state index contributed by atoms with van der Waals surface area (Å²) in [7, 11) is 0. The molecule has 0 radical (unpaired) electrons. The Morgan fingerprint density at radius 2 is 2.21 bits per heavy atom. The van der Waals surface area contributed by atoms with Crippen LogP contribution < -0.4 is 10.6 Å². The van der Waals surface area contributed by atoms with Gasteiger partial charge in [0.15, 0.2) is 0 Å². The molecule has 4 nitrogen and oxygen atoms in total. The lowest BCUT2D eigenvalue weighted by atomic mass is 9.99. The summed E-state index contributed by atoms with van der Waals surface area (Å²) in [4.78, 5) is 14.4. The van der Waals surface area contributed by atoms with E-state index >= 15 is 0 Å². The summed E-state index contributed by atoms with van der Waals surface area (Å²) in [5.74, 6) is 0.220. The molecule has 0 aromatic heterocycles. The maximum Gasteiger partial charge on any atom is 0.240 e. The number of carbonyl (C=O) groups is 1. The molecule has 2 heterocycles. The SMILES string of the molecule is O=C([C@H]1CCN1)N1CCNCC1c1cccc(Cl)c1. The first-order chi connectivity index (χ1) is 9.25. The van der Waals surface area contributed by atoms with Crippen LogP contribution >= 0.6 is 11.6 Å². The Bertz CT molecular complexity index is 476. The standard InChI is InChI=1S/C14H18ClN3O/c15-11-3-1-2-10(8-11)13-9-16-6-7-18(13)14(19)12-4-5-17-12/h1-3,8,12-13,16-17H,4-7,9H2/t12-,13?/m1/s1. The molecule has 2 N–H and O–H groups in total. The third-order valence-electron chi connectivity index (χ3n) is 3.88. The minimum absolute atomic E-state index is 0.0137. The van der Waals surface area contributed by atoms with Crippen molar-refractivity contribution in [2.24, 2.45) is 0 Å². The van der Waals surface area contributed by atoms with Crippen LogP contribution in [0, 0.1) is 0 Å². The molecule has 19 heavy (non-hydrogen) atoms. The molecule has 3 rings (SSSR count). The van der Waals surface area contributed by atoms with E-state index < -0.39 is 0 Å². The van der Waals surface area contributed by atoms with Gasteiger partial charge in [-0.25, -0.2) is 0 Å². The second kappa shape index (κ2) is 5.49. The van der Waals surface area contributed by atoms with Crippen LogP contribution in [0.3, 0.4) is 0 Å². The highest BCUT2D eigenvalue weighted by atomic mass is 35.5. The monoisotopic (exact) mass is 279 g/mol. The van der Waals surface area contributed by atoms with E-state index in [1.807, 2.05) is 29.2 Å². The zero-order valence-electron chi connectivity index (χ0n) is 10.7. The minimum Gasteiger partial charge on any atom is -0.332 e. The summed E-state index contributed by atoms with van der Waals surface area (Å²) in [6, 6.07) is 7.89. The third kappa shape index (κ3) is 2.61. The van der Waals surface area contributed by atoms with Crippen molar-refractivity contribution in [3.8, 4) is 0 Å². The summed E-state index contributed by atoms with van der Waals surface area (Å²) in [5, 5.41) is 7.26. The van der Waals surface area contributed by atoms with Gasteiger partial charge in [-0.1, -0.05) is 23.7 Å². The highest BCUT2D eigenvalue weighted by molar-refractivity contribution is 6.30. The van der Waals surface area contributed by atoms with Crippen LogP contribution in [0.5, 0.6) is 0 Å². The molecule has 1 aromatic rings. The summed E-state index contributed by atoms with van der Waals surface area (Å²) in [6.07, 6.45) is 0.949. The fourth-order valence-electron chi connectivity index (χ4n) is 2.68. The van der Waals surface area contributed by atoms with Crippen LogP contribution in [-0.2, 0) is 4.79 Å². The van der Waals surface area contributed by atoms with Gasteiger partial charge in [-0.05, 0) is 30.7 Å². The van der Waals surface area contributed by atoms with Crippen LogP contribution in [0.15, 0.2) is 24.3 Å². The van der Waals surface area contributed by atoms with Crippen LogP contribution in [0.1, 0.15) is 18.0 Å². The van der Waals surface area contributed by atoms with Crippen LogP contribution in [0.25, 0.3) is 0 Å². The van der Waals surface area contributed by atoms with Crippen molar-refractivity contribution in [3.05, 3.63) is 34.9 Å². The molecule has 0 aliphatic carbocycles. The van der Waals surface area contributed by atoms with Crippen molar-refractivity contribution < 1.29 is 4.79 Å². The number of halogens is 1. The summed E-state index contributed by atoms with van der Waals surface area (Å²) in [5.41, 5.74) is 1.10. The average molecular weight is 280 g/mol. The molecule has 0 saturated carbocycles. The quantitative estimate of drug-likeness (QED) is 0.854. The molecule has 102 valence electrons. The molecule has 1 amide bonds. The zero-order valence-corrected chi connectivity index (χ0v) is 11.5. The first-order valence-electron chi connectivity index (χ1n) is 6.76. The van der Waals surface area contributed by atoms with Gasteiger partial charge < -0.3 is 15.5 Å². The van der Waals surface area contributed by atoms with E-state index in [2.05, 4.69) is 10.6 Å². The number of piperazine rings is 1. The van der Waals surface area contributed by atoms with Gasteiger partial charge in [0, 0.05) is 24.7 Å². The topological polar surface area (TPSA) is 44.4 Å². The molecule has 0 bridgehead atoms. The Kier molecular flexibility index (Phi) is 3.73. The van der Waals surface area contributed by atoms with Crippen molar-refractivity contribution in [2.45, 2.75) is 18.5 Å². The van der Waals surface area contributed by atoms with Gasteiger partial charge in [-0.2, -0.15) is 0 Å². The molecule has 0 spiro atoms. The second-order valence-electron chi connectivity index (χ2n) is 5.10. The fourth-order valence-corrected chi connectivity index (χ4v) is 2.88. The normalized spacial score (nSPS) is 26.9. The van der Waals surface area contributed by atoms with Gasteiger partial charge in [-0.15, -0.1) is 0 Å². The Morgan fingerprint density at radius 1 is 1.37 bits per heavy atom. The fraction of sp³-hybridized carbons (Fsp3) is 0.500. The van der Waals surface area contributed by atoms with Gasteiger partial charge in [0.1, 0.15) is 0 Å². The number of nitrogens with zero attached hydrogens (tertiary/aromatic N) is 1. The molecule has 2 aliphatic rings. The van der Waals surface area contributed by atoms with Crippen molar-refractivity contribution in [3.63, 3.8) is 0 Å². The predicted molar refractivity (Wildman–Crippen MR) is 75.2 cm³/mol. The van der Waals surface area contributed by atoms with E-state index in [9.17, 15) is 4.79 Å². The van der Waals surface area contributed by atoms with E-state index in [0.717, 1.165) is 43.2 Å². The maximum atomic E-state index is 12.5. The highest BCUT2D eigenvalue weighted by Crippen LogP contribution is 2.26. The van der Waals surface area contributed by atoms with E-state index in [1.54, 1.807) is 0 Å². The van der Waals surface area contributed by atoms with Crippen LogP contribution in [-0.4, -0.2) is 43.0 Å². The Hall–Kier alpha value is -1.10. The molecule has 2 atom stereocenters. The van der Waals surface area contributed by atoms with Crippen LogP contribution in [0.2, 0.25) is 5.02 Å². The van der Waals surface area contributed by atoms with Gasteiger partial charge >= 0.3 is 0 Å². The van der Waals surface area contributed by atoms with Gasteiger partial charge in [-0.3, -0.25) is 4.79 Å². The van der Waals surface area contributed by atoms with E-state index in [-0.39, 0.29) is 18.0 Å². The summed E-state index contributed by atoms with van der Waals surface area (Å²) >= 11 is 6.06. The smallest absolute Gasteiger partial charge is 0.240 e. The Morgan fingerprint density at radius 3 is 2.89 bits per heavy atom. The number of hydrogen-bond donors (Lipinski definition) is 2. The van der Waals surface area contributed by atoms with Gasteiger partial charge in [0.25, 0.3) is 0 Å². The van der Waals surface area contributed by atoms with E-state index in [4.69, 9.17) is 11.6 Å². The number of rotatable bonds is 2. The lowest BCUT2D eigenvalue weighted by Crippen LogP contribution is -2.58. The highest BCUT2D eigenvalue weighted by Gasteiger charge is 2.34. The second-order valence-corrected chi connectivity index (χ2v) is 5.54. The first-order valence-corrected chi connectivity index (χ1v) is 7.13. The number of hydrogen-bond acceptors (Lipinski definition) is 3. The van der Waals surface area contributed by atoms with Gasteiger partial charge in [0.05, 0.1) is 12.1 Å². The molecule has 2 saturated heterocycles. The number of carbonyl (C=O) groups excluding carboxylic acids is 1. The molecule has 5 heteroatoms. The zero-order chi connectivity index (χ0) is 13.2. The van der Waals surface area contributed by atoms with Crippen molar-refractivity contribution in [1.29, 1.82) is 0 Å². The lowest BCUT2D eigenvalue weighted by molar-refractivity contribution is -0.138. The summed E-state index contributed by atoms with van der Waals surface area (Å²) < 4.78 is 0. The molecule has 2 fully saturated rings. The van der Waals surface area contributed by atoms with Crippen molar-refractivity contribution in [1.82, 2.24) is 15.5 Å². The van der Waals surface area contributed by atoms with E-state index in [0.29, 0.717) is 0 Å². The number of amides is 1. The van der Waals surface area contributed by atoms with Gasteiger partial charge in [0.2, 0.25) is 5.91 Å².